The number of rotatable bonds is 2. The summed E-state index contributed by atoms with van der Waals surface area (Å²) in [5.74, 6) is -0.122. The van der Waals surface area contributed by atoms with Crippen LogP contribution in [0.2, 0.25) is 0 Å². The molecule has 116 valence electrons. The highest BCUT2D eigenvalue weighted by Crippen LogP contribution is 2.17. The van der Waals surface area contributed by atoms with E-state index in [1.807, 2.05) is 6.07 Å². The molecule has 8 heteroatoms. The molecule has 1 aromatic rings. The number of carbonyl (C=O) groups is 1. The van der Waals surface area contributed by atoms with Crippen LogP contribution in [0.15, 0.2) is 52.6 Å². The Labute approximate surface area is 133 Å². The van der Waals surface area contributed by atoms with Gasteiger partial charge in [-0.1, -0.05) is 6.07 Å². The van der Waals surface area contributed by atoms with Crippen LogP contribution in [0.1, 0.15) is 5.56 Å². The van der Waals surface area contributed by atoms with Gasteiger partial charge in [-0.05, 0) is 30.4 Å². The molecule has 2 heterocycles. The van der Waals surface area contributed by atoms with Crippen molar-refractivity contribution in [2.24, 2.45) is 4.40 Å². The number of anilines is 1. The molecule has 23 heavy (non-hydrogen) atoms. The molecule has 0 saturated heterocycles. The Kier molecular flexibility index (Phi) is 3.72. The molecule has 0 radical (unpaired) electrons. The van der Waals surface area contributed by atoms with Crippen molar-refractivity contribution in [2.45, 2.75) is 0 Å². The maximum Gasteiger partial charge on any atom is 0.257 e. The number of nitrogens with one attached hydrogen (secondary N) is 1. The first kappa shape index (κ1) is 15.0. The second-order valence-corrected chi connectivity index (χ2v) is 6.75. The van der Waals surface area contributed by atoms with Gasteiger partial charge in [0, 0.05) is 18.4 Å². The molecule has 0 spiro atoms. The zero-order chi connectivity index (χ0) is 16.4. The van der Waals surface area contributed by atoms with E-state index in [0.29, 0.717) is 22.7 Å². The van der Waals surface area contributed by atoms with Crippen molar-refractivity contribution in [1.29, 1.82) is 5.26 Å². The van der Waals surface area contributed by atoms with Crippen molar-refractivity contribution in [3.63, 3.8) is 0 Å². The van der Waals surface area contributed by atoms with Gasteiger partial charge in [0.2, 0.25) is 0 Å². The van der Waals surface area contributed by atoms with Crippen molar-refractivity contribution in [2.75, 3.05) is 17.6 Å². The number of fused-ring (bicyclic) bond motifs is 1. The summed E-state index contributed by atoms with van der Waals surface area (Å²) in [5, 5.41) is 11.6. The van der Waals surface area contributed by atoms with Crippen LogP contribution in [0.5, 0.6) is 0 Å². The molecule has 0 fully saturated rings. The van der Waals surface area contributed by atoms with Gasteiger partial charge in [0.1, 0.15) is 5.84 Å². The molecular weight excluding hydrogens is 316 g/mol. The molecule has 1 amide bonds. The molecule has 0 aliphatic carbocycles. The van der Waals surface area contributed by atoms with Crippen LogP contribution in [-0.4, -0.2) is 37.4 Å². The first-order valence-electron chi connectivity index (χ1n) is 6.77. The van der Waals surface area contributed by atoms with Gasteiger partial charge in [-0.15, -0.1) is 4.40 Å². The molecule has 1 aromatic carbocycles. The minimum atomic E-state index is -3.41. The summed E-state index contributed by atoms with van der Waals surface area (Å²) < 4.78 is 26.5. The molecule has 2 aliphatic heterocycles. The van der Waals surface area contributed by atoms with Crippen molar-refractivity contribution < 1.29 is 13.2 Å². The zero-order valence-electron chi connectivity index (χ0n) is 11.9. The van der Waals surface area contributed by atoms with Crippen LogP contribution < -0.4 is 5.32 Å². The highest BCUT2D eigenvalue weighted by Gasteiger charge is 2.24. The highest BCUT2D eigenvalue weighted by molar-refractivity contribution is 7.90. The van der Waals surface area contributed by atoms with Gasteiger partial charge < -0.3 is 10.2 Å². The molecule has 0 aromatic heterocycles. The second-order valence-electron chi connectivity index (χ2n) is 4.99. The molecule has 0 bridgehead atoms. The van der Waals surface area contributed by atoms with Crippen molar-refractivity contribution in [3.8, 4) is 6.07 Å². The third-order valence-electron chi connectivity index (χ3n) is 3.34. The minimum Gasteiger partial charge on any atom is -0.330 e. The van der Waals surface area contributed by atoms with Crippen LogP contribution in [0, 0.1) is 11.3 Å². The molecule has 0 atom stereocenters. The van der Waals surface area contributed by atoms with E-state index >= 15 is 0 Å². The van der Waals surface area contributed by atoms with E-state index in [4.69, 9.17) is 5.26 Å². The Hall–Kier alpha value is -2.92. The first-order valence-corrected chi connectivity index (χ1v) is 8.38. The zero-order valence-corrected chi connectivity index (χ0v) is 12.7. The van der Waals surface area contributed by atoms with E-state index in [0.717, 1.165) is 0 Å². The van der Waals surface area contributed by atoms with E-state index in [-0.39, 0.29) is 18.2 Å². The molecule has 3 rings (SSSR count). The molecule has 0 saturated carbocycles. The van der Waals surface area contributed by atoms with E-state index in [2.05, 4.69) is 9.71 Å². The van der Waals surface area contributed by atoms with Gasteiger partial charge in [0.25, 0.3) is 15.9 Å². The Morgan fingerprint density at radius 1 is 1.35 bits per heavy atom. The smallest absolute Gasteiger partial charge is 0.257 e. The quantitative estimate of drug-likeness (QED) is 0.872. The van der Waals surface area contributed by atoms with Gasteiger partial charge in [0.05, 0.1) is 23.0 Å². The number of nitriles is 1. The molecule has 2 aliphatic rings. The van der Waals surface area contributed by atoms with E-state index in [1.54, 1.807) is 35.4 Å². The van der Waals surface area contributed by atoms with Gasteiger partial charge in [-0.25, -0.2) is 8.42 Å². The number of benzene rings is 1. The Bertz CT molecular complexity index is 907. The average molecular weight is 328 g/mol. The maximum absolute atomic E-state index is 12.3. The van der Waals surface area contributed by atoms with Crippen LogP contribution in [0.4, 0.5) is 5.69 Å². The fourth-order valence-corrected chi connectivity index (χ4v) is 3.17. The summed E-state index contributed by atoms with van der Waals surface area (Å²) in [5.41, 5.74) is 1.35. The second kappa shape index (κ2) is 5.70. The lowest BCUT2D eigenvalue weighted by Crippen LogP contribution is -2.37. The van der Waals surface area contributed by atoms with E-state index < -0.39 is 10.0 Å². The van der Waals surface area contributed by atoms with Gasteiger partial charge in [0.15, 0.2) is 0 Å². The van der Waals surface area contributed by atoms with Crippen molar-refractivity contribution in [3.05, 3.63) is 53.8 Å². The highest BCUT2D eigenvalue weighted by atomic mass is 32.2. The molecule has 1 N–H and O–H groups in total. The maximum atomic E-state index is 12.3. The topological polar surface area (TPSA) is 103 Å². The van der Waals surface area contributed by atoms with Gasteiger partial charge in [-0.2, -0.15) is 5.26 Å². The first-order chi connectivity index (χ1) is 11.0. The summed E-state index contributed by atoms with van der Waals surface area (Å²) in [6.07, 6.45) is 4.58. The predicted octanol–water partition coefficient (Wildman–Crippen LogP) is 0.994. The number of carbonyl (C=O) groups excluding carboxylic acids is 1. The average Bonchev–Trinajstić information content (AvgIpc) is 2.53. The predicted molar refractivity (Wildman–Crippen MR) is 84.9 cm³/mol. The number of hydrogen-bond acceptors (Lipinski definition) is 5. The Morgan fingerprint density at radius 2 is 2.17 bits per heavy atom. The lowest BCUT2D eigenvalue weighted by molar-refractivity contribution is -0.112. The SMILES string of the molecule is N#Cc1cccc(NC(=O)C2=CN3CCS(=O)(=O)N=C3C=C2)c1. The van der Waals surface area contributed by atoms with Crippen LogP contribution in [0.3, 0.4) is 0 Å². The van der Waals surface area contributed by atoms with Gasteiger partial charge >= 0.3 is 0 Å². The third-order valence-corrected chi connectivity index (χ3v) is 4.50. The molecule has 0 unspecified atom stereocenters. The van der Waals surface area contributed by atoms with E-state index in [9.17, 15) is 13.2 Å². The Balaban J connectivity index is 1.78. The number of amidine groups is 1. The number of hydrogen-bond donors (Lipinski definition) is 1. The lowest BCUT2D eigenvalue weighted by Gasteiger charge is -2.26. The third kappa shape index (κ3) is 3.30. The largest absolute Gasteiger partial charge is 0.330 e. The number of sulfonamides is 1. The lowest BCUT2D eigenvalue weighted by atomic mass is 10.1. The standard InChI is InChI=1S/C15H12N4O3S/c16-9-11-2-1-3-13(8-11)17-15(20)12-4-5-14-18-23(21,22)7-6-19(14)10-12/h1-5,8,10H,6-7H2,(H,17,20). The molecular formula is C15H12N4O3S. The number of amides is 1. The van der Waals surface area contributed by atoms with Crippen LogP contribution in [0.25, 0.3) is 0 Å². The van der Waals surface area contributed by atoms with Crippen LogP contribution in [-0.2, 0) is 14.8 Å². The minimum absolute atomic E-state index is 0.0834. The van der Waals surface area contributed by atoms with Gasteiger partial charge in [-0.3, -0.25) is 4.79 Å². The number of nitrogens with zero attached hydrogens (tertiary/aromatic N) is 3. The van der Waals surface area contributed by atoms with E-state index in [1.165, 1.54) is 12.2 Å². The summed E-state index contributed by atoms with van der Waals surface area (Å²) in [6.45, 7) is 0.256. The summed E-state index contributed by atoms with van der Waals surface area (Å²) >= 11 is 0. The normalized spacial score (nSPS) is 18.3. The fraction of sp³-hybridized carbons (Fsp3) is 0.133. The summed E-state index contributed by atoms with van der Waals surface area (Å²) in [6, 6.07) is 8.59. The summed E-state index contributed by atoms with van der Waals surface area (Å²) in [4.78, 5) is 13.9. The summed E-state index contributed by atoms with van der Waals surface area (Å²) in [7, 11) is -3.41. The van der Waals surface area contributed by atoms with Crippen LogP contribution >= 0.6 is 0 Å². The molecule has 7 nitrogen and oxygen atoms in total. The fourth-order valence-electron chi connectivity index (χ4n) is 2.21. The monoisotopic (exact) mass is 328 g/mol. The van der Waals surface area contributed by atoms with Crippen molar-refractivity contribution in [1.82, 2.24) is 4.90 Å². The van der Waals surface area contributed by atoms with Crippen molar-refractivity contribution >= 4 is 27.5 Å². The Morgan fingerprint density at radius 3 is 2.96 bits per heavy atom.